The number of hydrogen-bond acceptors (Lipinski definition) is 3. The number of aliphatic hydroxyl groups excluding tert-OH is 1. The van der Waals surface area contributed by atoms with Crippen LogP contribution in [0.4, 0.5) is 17.6 Å². The van der Waals surface area contributed by atoms with E-state index in [2.05, 4.69) is 0 Å². The van der Waals surface area contributed by atoms with Crippen molar-refractivity contribution in [2.24, 2.45) is 5.92 Å². The van der Waals surface area contributed by atoms with Crippen LogP contribution in [0.15, 0.2) is 17.0 Å². The molecule has 1 saturated carbocycles. The van der Waals surface area contributed by atoms with Gasteiger partial charge >= 0.3 is 0 Å². The summed E-state index contributed by atoms with van der Waals surface area (Å²) in [6.45, 7) is 0. The van der Waals surface area contributed by atoms with Crippen LogP contribution in [0.1, 0.15) is 41.8 Å². The Balaban J connectivity index is 2.05. The topological polar surface area (TPSA) is 54.4 Å². The highest BCUT2D eigenvalue weighted by molar-refractivity contribution is 7.90. The number of aliphatic hydroxyl groups is 1. The second-order valence-corrected chi connectivity index (χ2v) is 8.39. The summed E-state index contributed by atoms with van der Waals surface area (Å²) < 4.78 is 77.9. The average Bonchev–Trinajstić information content (AvgIpc) is 2.69. The van der Waals surface area contributed by atoms with Gasteiger partial charge in [-0.3, -0.25) is 0 Å². The minimum atomic E-state index is -3.73. The second kappa shape index (κ2) is 5.17. The van der Waals surface area contributed by atoms with Crippen LogP contribution in [0, 0.1) is 5.92 Å². The maximum absolute atomic E-state index is 14.6. The molecule has 3 atom stereocenters. The van der Waals surface area contributed by atoms with Crippen molar-refractivity contribution >= 4 is 9.84 Å². The van der Waals surface area contributed by atoms with E-state index in [9.17, 15) is 31.1 Å². The molecule has 128 valence electrons. The summed E-state index contributed by atoms with van der Waals surface area (Å²) >= 11 is 0. The van der Waals surface area contributed by atoms with Gasteiger partial charge in [-0.05, 0) is 17.2 Å². The molecule has 1 fully saturated rings. The number of rotatable bonds is 3. The molecule has 3 rings (SSSR count). The van der Waals surface area contributed by atoms with E-state index in [1.165, 1.54) is 6.07 Å². The molecular formula is C15H16F4O3S. The van der Waals surface area contributed by atoms with Crippen LogP contribution in [0.2, 0.25) is 0 Å². The van der Waals surface area contributed by atoms with Crippen LogP contribution in [-0.2, 0) is 16.3 Å². The predicted octanol–water partition coefficient (Wildman–Crippen LogP) is 3.07. The Morgan fingerprint density at radius 1 is 1.30 bits per heavy atom. The van der Waals surface area contributed by atoms with E-state index in [1.807, 2.05) is 0 Å². The minimum Gasteiger partial charge on any atom is -0.385 e. The summed E-state index contributed by atoms with van der Waals surface area (Å²) in [6.07, 6.45) is -5.68. The minimum absolute atomic E-state index is 0.00657. The van der Waals surface area contributed by atoms with Crippen molar-refractivity contribution in [3.63, 3.8) is 0 Å². The van der Waals surface area contributed by atoms with Gasteiger partial charge in [0.05, 0.1) is 4.90 Å². The van der Waals surface area contributed by atoms with Crippen molar-refractivity contribution in [2.75, 3.05) is 6.26 Å². The van der Waals surface area contributed by atoms with Gasteiger partial charge in [-0.25, -0.2) is 26.0 Å². The number of sulfone groups is 1. The predicted molar refractivity (Wildman–Crippen MR) is 74.6 cm³/mol. The summed E-state index contributed by atoms with van der Waals surface area (Å²) in [5.41, 5.74) is -0.0334. The Kier molecular flexibility index (Phi) is 3.76. The molecule has 0 bridgehead atoms. The van der Waals surface area contributed by atoms with E-state index >= 15 is 0 Å². The van der Waals surface area contributed by atoms with Crippen molar-refractivity contribution in [1.82, 2.24) is 0 Å². The summed E-state index contributed by atoms with van der Waals surface area (Å²) in [5.74, 6) is -3.76. The number of alkyl halides is 4. The van der Waals surface area contributed by atoms with Crippen molar-refractivity contribution in [3.8, 4) is 0 Å². The molecule has 23 heavy (non-hydrogen) atoms. The molecule has 0 unspecified atom stereocenters. The second-order valence-electron chi connectivity index (χ2n) is 6.41. The highest BCUT2D eigenvalue weighted by atomic mass is 32.2. The molecule has 0 aromatic heterocycles. The normalized spacial score (nSPS) is 28.3. The van der Waals surface area contributed by atoms with Crippen LogP contribution in [0.3, 0.4) is 0 Å². The molecule has 0 aliphatic heterocycles. The molecule has 0 heterocycles. The lowest BCUT2D eigenvalue weighted by atomic mass is 9.75. The number of benzene rings is 1. The third kappa shape index (κ3) is 2.76. The zero-order valence-electron chi connectivity index (χ0n) is 12.3. The molecule has 0 spiro atoms. The SMILES string of the molecule is CS(=O)(=O)c1ccc([C@H](F)C2CC(F)(F)C2)c2c1[C@H](O)[C@H](F)C2. The third-order valence-corrected chi connectivity index (χ3v) is 5.78. The molecular weight excluding hydrogens is 336 g/mol. The van der Waals surface area contributed by atoms with Gasteiger partial charge in [-0.2, -0.15) is 0 Å². The summed E-state index contributed by atoms with van der Waals surface area (Å²) in [4.78, 5) is -0.241. The van der Waals surface area contributed by atoms with Crippen LogP contribution in [0.25, 0.3) is 0 Å². The summed E-state index contributed by atoms with van der Waals surface area (Å²) in [5, 5.41) is 9.91. The Hall–Kier alpha value is -1.15. The highest BCUT2D eigenvalue weighted by Crippen LogP contribution is 2.52. The van der Waals surface area contributed by atoms with Crippen LogP contribution >= 0.6 is 0 Å². The number of fused-ring (bicyclic) bond motifs is 1. The Morgan fingerprint density at radius 2 is 1.91 bits per heavy atom. The van der Waals surface area contributed by atoms with Gasteiger partial charge in [0, 0.05) is 37.0 Å². The summed E-state index contributed by atoms with van der Waals surface area (Å²) in [6, 6.07) is 2.33. The molecule has 0 saturated heterocycles. The van der Waals surface area contributed by atoms with E-state index in [0.29, 0.717) is 0 Å². The van der Waals surface area contributed by atoms with Gasteiger partial charge in [0.25, 0.3) is 0 Å². The lowest BCUT2D eigenvalue weighted by Crippen LogP contribution is -2.38. The van der Waals surface area contributed by atoms with E-state index in [1.54, 1.807) is 0 Å². The highest BCUT2D eigenvalue weighted by Gasteiger charge is 2.50. The maximum atomic E-state index is 14.6. The van der Waals surface area contributed by atoms with Gasteiger partial charge in [-0.15, -0.1) is 0 Å². The van der Waals surface area contributed by atoms with Crippen LogP contribution < -0.4 is 0 Å². The van der Waals surface area contributed by atoms with E-state index in [-0.39, 0.29) is 28.0 Å². The Bertz CT molecular complexity index is 739. The fraction of sp³-hybridized carbons (Fsp3) is 0.600. The van der Waals surface area contributed by atoms with Crippen LogP contribution in [-0.4, -0.2) is 31.9 Å². The molecule has 2 aliphatic carbocycles. The standard InChI is InChI=1S/C15H16F4O3S/c1-23(21,22)11-3-2-8(9-4-10(16)14(20)12(9)11)13(17)7-5-15(18,19)6-7/h2-3,7,10,13-14,20H,4-6H2,1H3/t10-,13-,14-/m1/s1. The van der Waals surface area contributed by atoms with Gasteiger partial charge < -0.3 is 5.11 Å². The average molecular weight is 352 g/mol. The number of hydrogen-bond donors (Lipinski definition) is 1. The lowest BCUT2D eigenvalue weighted by molar-refractivity contribution is -0.130. The maximum Gasteiger partial charge on any atom is 0.248 e. The fourth-order valence-corrected chi connectivity index (χ4v) is 4.41. The molecule has 1 aromatic carbocycles. The smallest absolute Gasteiger partial charge is 0.248 e. The first-order chi connectivity index (χ1) is 10.5. The molecule has 1 aromatic rings. The van der Waals surface area contributed by atoms with E-state index < -0.39 is 53.0 Å². The quantitative estimate of drug-likeness (QED) is 0.851. The van der Waals surface area contributed by atoms with E-state index in [0.717, 1.165) is 12.3 Å². The Morgan fingerprint density at radius 3 is 2.43 bits per heavy atom. The van der Waals surface area contributed by atoms with Crippen molar-refractivity contribution in [2.45, 2.75) is 48.5 Å². The van der Waals surface area contributed by atoms with E-state index in [4.69, 9.17) is 0 Å². The Labute approximate surface area is 131 Å². The van der Waals surface area contributed by atoms with Gasteiger partial charge in [0.2, 0.25) is 5.92 Å². The fourth-order valence-electron chi connectivity index (χ4n) is 3.45. The largest absolute Gasteiger partial charge is 0.385 e. The zero-order chi connectivity index (χ0) is 17.2. The summed E-state index contributed by atoms with van der Waals surface area (Å²) in [7, 11) is -3.73. The van der Waals surface area contributed by atoms with Crippen molar-refractivity contribution in [3.05, 3.63) is 28.8 Å². The molecule has 8 heteroatoms. The molecule has 1 N–H and O–H groups in total. The van der Waals surface area contributed by atoms with Crippen molar-refractivity contribution in [1.29, 1.82) is 0 Å². The number of halogens is 4. The molecule has 2 aliphatic rings. The molecule has 0 radical (unpaired) electrons. The first-order valence-corrected chi connectivity index (χ1v) is 9.10. The first kappa shape index (κ1) is 16.7. The zero-order valence-corrected chi connectivity index (χ0v) is 13.1. The van der Waals surface area contributed by atoms with Gasteiger partial charge in [0.15, 0.2) is 9.84 Å². The molecule has 3 nitrogen and oxygen atoms in total. The van der Waals surface area contributed by atoms with Gasteiger partial charge in [-0.1, -0.05) is 6.07 Å². The van der Waals surface area contributed by atoms with Crippen molar-refractivity contribution < 1.29 is 31.1 Å². The lowest BCUT2D eigenvalue weighted by Gasteiger charge is -2.37. The third-order valence-electron chi connectivity index (χ3n) is 4.62. The molecule has 0 amide bonds. The van der Waals surface area contributed by atoms with Crippen LogP contribution in [0.5, 0.6) is 0 Å². The van der Waals surface area contributed by atoms with Gasteiger partial charge in [0.1, 0.15) is 18.4 Å². The monoisotopic (exact) mass is 352 g/mol. The first-order valence-electron chi connectivity index (χ1n) is 7.21.